The third kappa shape index (κ3) is 6.95. The molecule has 1 atom stereocenters. The zero-order valence-electron chi connectivity index (χ0n) is 20.1. The molecule has 1 amide bonds. The molecule has 1 aromatic heterocycles. The molecule has 0 saturated heterocycles. The molecule has 2 N–H and O–H groups in total. The summed E-state index contributed by atoms with van der Waals surface area (Å²) >= 11 is 0. The Hall–Kier alpha value is -4.12. The predicted octanol–water partition coefficient (Wildman–Crippen LogP) is 3.40. The second kappa shape index (κ2) is 13.1. The molecule has 10 nitrogen and oxygen atoms in total. The maximum absolute atomic E-state index is 14.4. The number of carbonyl (C=O) groups excluding carboxylic acids is 1. The monoisotopic (exact) mass is 497 g/mol. The first-order valence-electron chi connectivity index (χ1n) is 11.4. The predicted molar refractivity (Wildman–Crippen MR) is 132 cm³/mol. The number of oxime groups is 1. The Bertz CT molecular complexity index is 1200. The number of amidine groups is 1. The van der Waals surface area contributed by atoms with Crippen molar-refractivity contribution in [1.82, 2.24) is 15.5 Å². The normalized spacial score (nSPS) is 12.2. The van der Waals surface area contributed by atoms with Gasteiger partial charge in [0.05, 0.1) is 12.2 Å². The molecule has 11 heteroatoms. The second-order valence-electron chi connectivity index (χ2n) is 7.58. The van der Waals surface area contributed by atoms with Gasteiger partial charge in [0.2, 0.25) is 11.7 Å². The van der Waals surface area contributed by atoms with Crippen LogP contribution in [0.1, 0.15) is 42.1 Å². The number of carbonyl (C=O) groups is 1. The molecule has 1 unspecified atom stereocenters. The minimum Gasteiger partial charge on any atom is -0.487 e. The van der Waals surface area contributed by atoms with Gasteiger partial charge in [-0.3, -0.25) is 4.79 Å². The number of aliphatic imine (C=N–C) groups is 1. The van der Waals surface area contributed by atoms with Gasteiger partial charge in [0.25, 0.3) is 5.91 Å². The third-order valence-electron chi connectivity index (χ3n) is 5.07. The molecular weight excluding hydrogens is 469 g/mol. The number of nitrogens with zero attached hydrogens (tertiary/aromatic N) is 4. The summed E-state index contributed by atoms with van der Waals surface area (Å²) in [7, 11) is 0. The van der Waals surface area contributed by atoms with E-state index >= 15 is 0 Å². The molecule has 3 rings (SSSR count). The van der Waals surface area contributed by atoms with Crippen molar-refractivity contribution >= 4 is 18.5 Å². The topological polar surface area (TPSA) is 131 Å². The van der Waals surface area contributed by atoms with Crippen LogP contribution in [-0.2, 0) is 11.3 Å². The summed E-state index contributed by atoms with van der Waals surface area (Å²) in [4.78, 5) is 25.4. The van der Waals surface area contributed by atoms with E-state index in [1.165, 1.54) is 12.1 Å². The van der Waals surface area contributed by atoms with Crippen LogP contribution in [-0.4, -0.2) is 59.6 Å². The summed E-state index contributed by atoms with van der Waals surface area (Å²) in [6.07, 6.45) is 1.00. The van der Waals surface area contributed by atoms with Gasteiger partial charge in [0, 0.05) is 24.1 Å². The Labute approximate surface area is 207 Å². The summed E-state index contributed by atoms with van der Waals surface area (Å²) < 4.78 is 25.5. The highest BCUT2D eigenvalue weighted by Gasteiger charge is 2.15. The number of amides is 1. The number of ether oxygens (including phenoxy) is 1. The molecule has 0 aliphatic rings. The first-order valence-corrected chi connectivity index (χ1v) is 11.4. The van der Waals surface area contributed by atoms with Crippen molar-refractivity contribution in [3.8, 4) is 17.1 Å². The summed E-state index contributed by atoms with van der Waals surface area (Å²) in [5, 5.41) is 19.1. The van der Waals surface area contributed by atoms with Gasteiger partial charge in [-0.2, -0.15) is 4.98 Å². The van der Waals surface area contributed by atoms with E-state index in [1.54, 1.807) is 12.1 Å². The summed E-state index contributed by atoms with van der Waals surface area (Å²) in [6, 6.07) is 11.2. The van der Waals surface area contributed by atoms with Crippen molar-refractivity contribution < 1.29 is 28.4 Å². The fraction of sp³-hybridized carbons (Fsp3) is 0.320. The smallest absolute Gasteiger partial charge is 0.254 e. The zero-order chi connectivity index (χ0) is 25.9. The largest absolute Gasteiger partial charge is 0.487 e. The molecule has 190 valence electrons. The first kappa shape index (κ1) is 26.5. The van der Waals surface area contributed by atoms with Crippen molar-refractivity contribution in [3.05, 3.63) is 65.3 Å². The molecule has 0 fully saturated rings. The van der Waals surface area contributed by atoms with Crippen LogP contribution in [0.2, 0.25) is 0 Å². The van der Waals surface area contributed by atoms with Gasteiger partial charge in [-0.25, -0.2) is 9.38 Å². The molecule has 0 aliphatic heterocycles. The molecule has 0 saturated carbocycles. The lowest BCUT2D eigenvalue weighted by Crippen LogP contribution is -2.27. The molecule has 2 aromatic carbocycles. The molecular formula is C25H28FN5O5. The number of hydrogen-bond acceptors (Lipinski definition) is 8. The van der Waals surface area contributed by atoms with E-state index in [4.69, 9.17) is 19.2 Å². The molecule has 0 aliphatic carbocycles. The molecule has 0 bridgehead atoms. The van der Waals surface area contributed by atoms with Crippen LogP contribution < -0.4 is 10.1 Å². The number of aliphatic hydroxyl groups is 1. The van der Waals surface area contributed by atoms with E-state index in [0.717, 1.165) is 11.6 Å². The number of benzene rings is 2. The zero-order valence-corrected chi connectivity index (χ0v) is 20.1. The van der Waals surface area contributed by atoms with E-state index in [1.807, 2.05) is 26.0 Å². The number of aryl methyl sites for hydroxylation is 1. The molecule has 0 spiro atoms. The fourth-order valence-electron chi connectivity index (χ4n) is 3.08. The van der Waals surface area contributed by atoms with Gasteiger partial charge in [-0.1, -0.05) is 30.2 Å². The van der Waals surface area contributed by atoms with E-state index in [9.17, 15) is 9.18 Å². The van der Waals surface area contributed by atoms with Gasteiger partial charge in [0.1, 0.15) is 17.7 Å². The second-order valence-corrected chi connectivity index (χ2v) is 7.58. The third-order valence-corrected chi connectivity index (χ3v) is 5.07. The van der Waals surface area contributed by atoms with Crippen LogP contribution >= 0.6 is 0 Å². The average Bonchev–Trinajstić information content (AvgIpc) is 3.39. The SMILES string of the molecule is C=N/C(=N\OCC(CC)Oc1ccc(-c2noc(CC)n2)cc1)c1ccc(C(=O)NCCO)c(F)c1. The number of aromatic nitrogens is 2. The Morgan fingerprint density at radius 2 is 2.03 bits per heavy atom. The van der Waals surface area contributed by atoms with Crippen LogP contribution in [0.3, 0.4) is 0 Å². The van der Waals surface area contributed by atoms with Crippen LogP contribution in [0.5, 0.6) is 5.75 Å². The van der Waals surface area contributed by atoms with Crippen LogP contribution in [0, 0.1) is 5.82 Å². The van der Waals surface area contributed by atoms with E-state index in [0.29, 0.717) is 35.9 Å². The lowest BCUT2D eigenvalue weighted by molar-refractivity contribution is 0.0520. The Balaban J connectivity index is 1.59. The number of rotatable bonds is 12. The Kier molecular flexibility index (Phi) is 9.64. The summed E-state index contributed by atoms with van der Waals surface area (Å²) in [6.45, 7) is 7.24. The molecule has 1 heterocycles. The van der Waals surface area contributed by atoms with Crippen molar-refractivity contribution in [2.75, 3.05) is 19.8 Å². The molecule has 36 heavy (non-hydrogen) atoms. The lowest BCUT2D eigenvalue weighted by Gasteiger charge is -2.16. The van der Waals surface area contributed by atoms with Crippen molar-refractivity contribution in [1.29, 1.82) is 0 Å². The number of aliphatic hydroxyl groups excluding tert-OH is 1. The Morgan fingerprint density at radius 3 is 2.64 bits per heavy atom. The number of halogens is 1. The number of hydrogen-bond donors (Lipinski definition) is 2. The minimum absolute atomic E-state index is 0.0260. The van der Waals surface area contributed by atoms with Crippen molar-refractivity contribution in [3.63, 3.8) is 0 Å². The van der Waals surface area contributed by atoms with Gasteiger partial charge < -0.3 is 24.5 Å². The molecule has 0 radical (unpaired) electrons. The van der Waals surface area contributed by atoms with Gasteiger partial charge in [-0.05, 0) is 49.5 Å². The van der Waals surface area contributed by atoms with E-state index in [2.05, 4.69) is 32.3 Å². The highest BCUT2D eigenvalue weighted by Crippen LogP contribution is 2.21. The van der Waals surface area contributed by atoms with Crippen LogP contribution in [0.25, 0.3) is 11.4 Å². The maximum Gasteiger partial charge on any atom is 0.254 e. The lowest BCUT2D eigenvalue weighted by atomic mass is 10.1. The van der Waals surface area contributed by atoms with E-state index in [-0.39, 0.29) is 37.3 Å². The highest BCUT2D eigenvalue weighted by atomic mass is 19.1. The maximum atomic E-state index is 14.4. The first-order chi connectivity index (χ1) is 17.5. The Morgan fingerprint density at radius 1 is 1.25 bits per heavy atom. The van der Waals surface area contributed by atoms with E-state index < -0.39 is 11.7 Å². The molecule has 3 aromatic rings. The summed E-state index contributed by atoms with van der Waals surface area (Å²) in [5.74, 6) is 0.392. The van der Waals surface area contributed by atoms with Gasteiger partial charge >= 0.3 is 0 Å². The highest BCUT2D eigenvalue weighted by molar-refractivity contribution is 6.02. The summed E-state index contributed by atoms with van der Waals surface area (Å²) in [5.41, 5.74) is 0.941. The number of nitrogens with one attached hydrogen (secondary N) is 1. The van der Waals surface area contributed by atoms with Crippen LogP contribution in [0.4, 0.5) is 4.39 Å². The standard InChI is InChI=1S/C25H28FN5O5/c1-4-18(35-19-9-6-16(7-10-19)24-29-22(5-2)36-31-24)15-34-30-23(27-3)17-8-11-20(21(26)14-17)25(33)28-12-13-32/h6-11,14,18,32H,3-5,12-13,15H2,1-2H3,(H,28,33)/b30-23-. The van der Waals surface area contributed by atoms with Crippen molar-refractivity contribution in [2.24, 2.45) is 10.1 Å². The minimum atomic E-state index is -0.760. The van der Waals surface area contributed by atoms with Gasteiger partial charge in [0.15, 0.2) is 12.4 Å². The van der Waals surface area contributed by atoms with Gasteiger partial charge in [-0.15, -0.1) is 0 Å². The van der Waals surface area contributed by atoms with Crippen molar-refractivity contribution in [2.45, 2.75) is 32.8 Å². The van der Waals surface area contributed by atoms with Crippen LogP contribution in [0.15, 0.2) is 57.1 Å². The quantitative estimate of drug-likeness (QED) is 0.223. The fourth-order valence-corrected chi connectivity index (χ4v) is 3.08. The average molecular weight is 498 g/mol.